The van der Waals surface area contributed by atoms with Crippen molar-refractivity contribution < 1.29 is 35.1 Å². The molecule has 7 N–H and O–H groups in total. The van der Waals surface area contributed by atoms with Crippen molar-refractivity contribution in [1.29, 1.82) is 0 Å². The topological polar surface area (TPSA) is 163 Å². The molecule has 0 aliphatic heterocycles. The molecule has 0 heterocycles. The molecular formula is C16H33N3O7. The summed E-state index contributed by atoms with van der Waals surface area (Å²) >= 11 is 0. The van der Waals surface area contributed by atoms with Crippen LogP contribution in [-0.4, -0.2) is 100 Å². The lowest BCUT2D eigenvalue weighted by Crippen LogP contribution is -2.50. The smallest absolute Gasteiger partial charge is 0.320 e. The van der Waals surface area contributed by atoms with Crippen molar-refractivity contribution in [1.82, 2.24) is 15.5 Å². The Bertz CT molecular complexity index is 425. The molecule has 26 heavy (non-hydrogen) atoms. The highest BCUT2D eigenvalue weighted by Gasteiger charge is 2.30. The number of unbranched alkanes of at least 4 members (excludes halogenated alkanes) is 1. The zero-order valence-corrected chi connectivity index (χ0v) is 15.6. The van der Waals surface area contributed by atoms with E-state index in [1.807, 2.05) is 0 Å². The molecule has 0 fully saturated rings. The lowest BCUT2D eigenvalue weighted by atomic mass is 10.0. The molecule has 0 aliphatic carbocycles. The van der Waals surface area contributed by atoms with E-state index in [9.17, 15) is 30.0 Å². The number of nitrogens with zero attached hydrogens (tertiary/aromatic N) is 1. The van der Waals surface area contributed by atoms with Gasteiger partial charge in [-0.15, -0.1) is 0 Å². The zero-order chi connectivity index (χ0) is 20.3. The van der Waals surface area contributed by atoms with Crippen LogP contribution in [0.3, 0.4) is 0 Å². The van der Waals surface area contributed by atoms with Crippen molar-refractivity contribution in [2.24, 2.45) is 0 Å². The Morgan fingerprint density at radius 2 is 1.62 bits per heavy atom. The fourth-order valence-corrected chi connectivity index (χ4v) is 2.36. The molecule has 0 bridgehead atoms. The number of carboxylic acids is 1. The third kappa shape index (κ3) is 8.77. The number of nitrogens with one attached hydrogen (secondary N) is 2. The molecule has 0 rings (SSSR count). The summed E-state index contributed by atoms with van der Waals surface area (Å²) < 4.78 is 0. The standard InChI is InChI=1S/C16H33N3O7/c1-4-11(20)13(22)14(23)12(21)9-19(3)16(26)18-8-6-5-7-10(17-2)15(24)25/h10-14,17,20-23H,4-9H2,1-3H3,(H,18,26)(H,24,25)/t10-,11+,12-,13+,14+/m0/s1. The number of aliphatic carboxylic acids is 1. The minimum absolute atomic E-state index is 0.220. The predicted octanol–water partition coefficient (Wildman–Crippen LogP) is -1.68. The minimum atomic E-state index is -1.57. The highest BCUT2D eigenvalue weighted by Crippen LogP contribution is 2.09. The van der Waals surface area contributed by atoms with Gasteiger partial charge in [-0.2, -0.15) is 0 Å². The van der Waals surface area contributed by atoms with Crippen molar-refractivity contribution in [2.45, 2.75) is 63.1 Å². The molecule has 5 atom stereocenters. The van der Waals surface area contributed by atoms with Gasteiger partial charge in [0, 0.05) is 13.6 Å². The molecule has 10 heteroatoms. The van der Waals surface area contributed by atoms with Crippen LogP contribution in [0.2, 0.25) is 0 Å². The molecule has 0 aliphatic rings. The van der Waals surface area contributed by atoms with E-state index in [1.165, 1.54) is 7.05 Å². The summed E-state index contributed by atoms with van der Waals surface area (Å²) in [6, 6.07) is -1.08. The van der Waals surface area contributed by atoms with Crippen molar-refractivity contribution in [3.63, 3.8) is 0 Å². The van der Waals surface area contributed by atoms with Crippen molar-refractivity contribution >= 4 is 12.0 Å². The van der Waals surface area contributed by atoms with Gasteiger partial charge in [0.05, 0.1) is 12.6 Å². The van der Waals surface area contributed by atoms with E-state index in [-0.39, 0.29) is 13.0 Å². The van der Waals surface area contributed by atoms with Crippen LogP contribution < -0.4 is 10.6 Å². The lowest BCUT2D eigenvalue weighted by molar-refractivity contribution is -0.139. The summed E-state index contributed by atoms with van der Waals surface area (Å²) in [7, 11) is 3.00. The molecular weight excluding hydrogens is 346 g/mol. The number of hydrogen-bond donors (Lipinski definition) is 7. The Labute approximate surface area is 153 Å². The van der Waals surface area contributed by atoms with Crippen LogP contribution >= 0.6 is 0 Å². The summed E-state index contributed by atoms with van der Waals surface area (Å²) in [6.07, 6.45) is -3.77. The number of carbonyl (C=O) groups is 2. The van der Waals surface area contributed by atoms with Gasteiger partial charge in [-0.25, -0.2) is 4.79 Å². The first-order valence-electron chi connectivity index (χ1n) is 8.76. The van der Waals surface area contributed by atoms with Gasteiger partial charge >= 0.3 is 12.0 Å². The molecule has 2 amide bonds. The van der Waals surface area contributed by atoms with Crippen LogP contribution in [0.25, 0.3) is 0 Å². The third-order valence-electron chi connectivity index (χ3n) is 4.21. The first kappa shape index (κ1) is 24.5. The zero-order valence-electron chi connectivity index (χ0n) is 15.6. The summed E-state index contributed by atoms with van der Waals surface area (Å²) in [4.78, 5) is 23.9. The highest BCUT2D eigenvalue weighted by molar-refractivity contribution is 5.74. The molecule has 10 nitrogen and oxygen atoms in total. The number of amides is 2. The van der Waals surface area contributed by atoms with Gasteiger partial charge in [0.1, 0.15) is 24.4 Å². The van der Waals surface area contributed by atoms with Crippen LogP contribution in [0.1, 0.15) is 32.6 Å². The molecule has 0 aromatic heterocycles. The van der Waals surface area contributed by atoms with Crippen LogP contribution in [-0.2, 0) is 4.79 Å². The van der Waals surface area contributed by atoms with Gasteiger partial charge < -0.3 is 41.1 Å². The molecule has 0 saturated carbocycles. The van der Waals surface area contributed by atoms with E-state index in [1.54, 1.807) is 14.0 Å². The number of carbonyl (C=O) groups excluding carboxylic acids is 1. The van der Waals surface area contributed by atoms with E-state index in [2.05, 4.69) is 10.6 Å². The molecule has 0 aromatic carbocycles. The summed E-state index contributed by atoms with van der Waals surface area (Å²) in [5, 5.41) is 53.1. The second-order valence-electron chi connectivity index (χ2n) is 6.31. The van der Waals surface area contributed by atoms with Gasteiger partial charge in [-0.3, -0.25) is 4.79 Å². The third-order valence-corrected chi connectivity index (χ3v) is 4.21. The second-order valence-corrected chi connectivity index (χ2v) is 6.31. The van der Waals surface area contributed by atoms with Crippen LogP contribution in [0, 0.1) is 0 Å². The van der Waals surface area contributed by atoms with E-state index < -0.39 is 42.5 Å². The molecule has 0 spiro atoms. The fourth-order valence-electron chi connectivity index (χ4n) is 2.36. The van der Waals surface area contributed by atoms with Crippen molar-refractivity contribution in [2.75, 3.05) is 27.2 Å². The molecule has 0 radical (unpaired) electrons. The fraction of sp³-hybridized carbons (Fsp3) is 0.875. The van der Waals surface area contributed by atoms with E-state index >= 15 is 0 Å². The van der Waals surface area contributed by atoms with Gasteiger partial charge in [0.25, 0.3) is 0 Å². The first-order valence-corrected chi connectivity index (χ1v) is 8.76. The number of rotatable bonds is 13. The number of hydrogen-bond acceptors (Lipinski definition) is 7. The monoisotopic (exact) mass is 379 g/mol. The molecule has 0 saturated heterocycles. The van der Waals surface area contributed by atoms with Crippen molar-refractivity contribution in [3.05, 3.63) is 0 Å². The maximum atomic E-state index is 11.9. The molecule has 0 aromatic rings. The Morgan fingerprint density at radius 3 is 2.12 bits per heavy atom. The number of aliphatic hydroxyl groups excluding tert-OH is 4. The number of aliphatic hydroxyl groups is 4. The summed E-state index contributed by atoms with van der Waals surface area (Å²) in [5.74, 6) is -0.917. The number of likely N-dealkylation sites (N-methyl/N-ethyl adjacent to an activating group) is 2. The Kier molecular flexibility index (Phi) is 12.1. The first-order chi connectivity index (χ1) is 12.1. The van der Waals surface area contributed by atoms with Crippen molar-refractivity contribution in [3.8, 4) is 0 Å². The predicted molar refractivity (Wildman–Crippen MR) is 94.7 cm³/mol. The Balaban J connectivity index is 4.14. The van der Waals surface area contributed by atoms with E-state index in [0.29, 0.717) is 25.8 Å². The Morgan fingerprint density at radius 1 is 1.04 bits per heavy atom. The number of carboxylic acid groups (broad SMARTS) is 1. The van der Waals surface area contributed by atoms with Crippen LogP contribution in [0.4, 0.5) is 4.79 Å². The quantitative estimate of drug-likeness (QED) is 0.187. The number of urea groups is 1. The van der Waals surface area contributed by atoms with E-state index in [0.717, 1.165) is 4.90 Å². The second kappa shape index (κ2) is 12.8. The van der Waals surface area contributed by atoms with Gasteiger partial charge in [0.15, 0.2) is 0 Å². The van der Waals surface area contributed by atoms with Gasteiger partial charge in [-0.1, -0.05) is 6.92 Å². The van der Waals surface area contributed by atoms with E-state index in [4.69, 9.17) is 5.11 Å². The van der Waals surface area contributed by atoms with Gasteiger partial charge in [0.2, 0.25) is 0 Å². The SMILES string of the molecule is CC[C@@H](O)[C@@H](O)[C@H](O)[C@@H](O)CN(C)C(=O)NCCCC[C@H](NC)C(=O)O. The average Bonchev–Trinajstić information content (AvgIpc) is 2.61. The largest absolute Gasteiger partial charge is 0.480 e. The van der Waals surface area contributed by atoms with Gasteiger partial charge in [-0.05, 0) is 32.7 Å². The normalized spacial score (nSPS) is 17.0. The van der Waals surface area contributed by atoms with Crippen LogP contribution in [0.15, 0.2) is 0 Å². The van der Waals surface area contributed by atoms with Crippen LogP contribution in [0.5, 0.6) is 0 Å². The summed E-state index contributed by atoms with van der Waals surface area (Å²) in [5.41, 5.74) is 0. The highest BCUT2D eigenvalue weighted by atomic mass is 16.4. The molecule has 0 unspecified atom stereocenters. The maximum Gasteiger partial charge on any atom is 0.320 e. The summed E-state index contributed by atoms with van der Waals surface area (Å²) in [6.45, 7) is 1.75. The maximum absolute atomic E-state index is 11.9. The lowest BCUT2D eigenvalue weighted by Gasteiger charge is -2.28. The molecule has 154 valence electrons. The Hall–Kier alpha value is -1.46. The average molecular weight is 379 g/mol. The minimum Gasteiger partial charge on any atom is -0.480 e.